The quantitative estimate of drug-likeness (QED) is 0.687. The van der Waals surface area contributed by atoms with Crippen molar-refractivity contribution in [3.8, 4) is 0 Å². The number of hydrogen-bond acceptors (Lipinski definition) is 6. The average Bonchev–Trinajstić information content (AvgIpc) is 1.96. The van der Waals surface area contributed by atoms with E-state index in [9.17, 15) is 14.8 Å². The lowest BCUT2D eigenvalue weighted by molar-refractivity contribution is -0.498. The Morgan fingerprint density at radius 3 is 2.00 bits per heavy atom. The monoisotopic (exact) mass is 224 g/mol. The summed E-state index contributed by atoms with van der Waals surface area (Å²) < 4.78 is 25.2. The summed E-state index contributed by atoms with van der Waals surface area (Å²) >= 11 is 0. The Hall–Kier alpha value is 0.0300. The average molecular weight is 224 g/mol. The number of hydrogen-bond donors (Lipinski definition) is 2. The van der Waals surface area contributed by atoms with Crippen molar-refractivity contribution >= 4 is 7.82 Å². The molecule has 3 heterocycles. The fourth-order valence-electron chi connectivity index (χ4n) is 1.40. The largest absolute Gasteiger partial charge is 0.488 e. The molecule has 0 aromatic heterocycles. The Morgan fingerprint density at radius 2 is 1.71 bits per heavy atom. The molecule has 14 heavy (non-hydrogen) atoms. The lowest BCUT2D eigenvalue weighted by Crippen LogP contribution is -2.76. The highest BCUT2D eigenvalue weighted by atomic mass is 31.2. The highest BCUT2D eigenvalue weighted by molar-refractivity contribution is 7.51. The first-order chi connectivity index (χ1) is 6.18. The second kappa shape index (κ2) is 2.40. The molecule has 2 N–H and O–H groups in total. The van der Waals surface area contributed by atoms with Gasteiger partial charge in [0.25, 0.3) is 0 Å². The van der Waals surface area contributed by atoms with Crippen molar-refractivity contribution in [3.05, 3.63) is 0 Å². The maximum absolute atomic E-state index is 10.9. The molecule has 3 saturated heterocycles. The minimum absolute atomic E-state index is 0.280. The smallest absolute Gasteiger partial charge is 0.387 e. The molecule has 0 aliphatic carbocycles. The van der Waals surface area contributed by atoms with Crippen LogP contribution in [-0.4, -0.2) is 27.4 Å². The van der Waals surface area contributed by atoms with Crippen LogP contribution in [0, 0.1) is 0 Å². The Labute approximate surface area is 81.4 Å². The van der Waals surface area contributed by atoms with Gasteiger partial charge in [-0.1, -0.05) is 6.92 Å². The van der Waals surface area contributed by atoms with Gasteiger partial charge >= 0.3 is 13.8 Å². The van der Waals surface area contributed by atoms with Gasteiger partial charge in [-0.15, -0.1) is 0 Å². The first kappa shape index (κ1) is 10.5. The summed E-state index contributed by atoms with van der Waals surface area (Å²) in [5.41, 5.74) is -3.21. The van der Waals surface area contributed by atoms with E-state index in [0.717, 1.165) is 0 Å². The van der Waals surface area contributed by atoms with Crippen molar-refractivity contribution in [2.75, 3.05) is 0 Å². The van der Waals surface area contributed by atoms with E-state index >= 15 is 0 Å². The molecule has 0 saturated carbocycles. The fraction of sp³-hybridized carbons (Fsp3) is 1.00. The van der Waals surface area contributed by atoms with E-state index < -0.39 is 25.0 Å². The zero-order valence-corrected chi connectivity index (χ0v) is 9.08. The highest BCUT2D eigenvalue weighted by Gasteiger charge is 2.84. The van der Waals surface area contributed by atoms with Crippen LogP contribution < -0.4 is 0 Å². The molecule has 6 nitrogen and oxygen atoms in total. The van der Waals surface area contributed by atoms with Gasteiger partial charge in [0.1, 0.15) is 0 Å². The van der Waals surface area contributed by atoms with Crippen LogP contribution in [0.1, 0.15) is 27.2 Å². The summed E-state index contributed by atoms with van der Waals surface area (Å²) in [7, 11) is -3.34. The first-order valence-electron chi connectivity index (χ1n) is 4.35. The van der Waals surface area contributed by atoms with Crippen LogP contribution in [0.25, 0.3) is 0 Å². The minimum Gasteiger partial charge on any atom is -0.387 e. The van der Waals surface area contributed by atoms with Crippen molar-refractivity contribution in [3.63, 3.8) is 0 Å². The molecule has 0 spiro atoms. The molecule has 0 aromatic carbocycles. The fourth-order valence-corrected chi connectivity index (χ4v) is 2.86. The molecule has 2 bridgehead atoms. The van der Waals surface area contributed by atoms with Crippen LogP contribution >= 0.6 is 7.82 Å². The van der Waals surface area contributed by atoms with Gasteiger partial charge in [0.2, 0.25) is 0 Å². The Kier molecular flexibility index (Phi) is 1.81. The lowest BCUT2D eigenvalue weighted by Gasteiger charge is -2.63. The minimum atomic E-state index is -3.34. The van der Waals surface area contributed by atoms with Crippen molar-refractivity contribution in [1.29, 1.82) is 0 Å². The van der Waals surface area contributed by atoms with E-state index in [-0.39, 0.29) is 6.42 Å². The molecule has 2 atom stereocenters. The maximum Gasteiger partial charge on any atom is 0.488 e. The van der Waals surface area contributed by atoms with E-state index in [4.69, 9.17) is 13.6 Å². The first-order valence-corrected chi connectivity index (χ1v) is 5.81. The molecule has 0 radical (unpaired) electrons. The Bertz CT molecular complexity index is 296. The van der Waals surface area contributed by atoms with Crippen LogP contribution in [-0.2, 0) is 18.1 Å². The van der Waals surface area contributed by atoms with Crippen LogP contribution in [0.3, 0.4) is 0 Å². The molecule has 3 aliphatic rings. The van der Waals surface area contributed by atoms with Gasteiger partial charge in [0, 0.05) is 0 Å². The van der Waals surface area contributed by atoms with Crippen LogP contribution in [0.2, 0.25) is 0 Å². The standard InChI is InChI=1S/C7H13O6P/c1-4-5(2,8)6(3,9)7-11-14(10,12-7)13-7/h8-9H,4H2,1-3H3. The van der Waals surface area contributed by atoms with E-state index in [2.05, 4.69) is 0 Å². The van der Waals surface area contributed by atoms with Gasteiger partial charge in [-0.2, -0.15) is 0 Å². The Morgan fingerprint density at radius 1 is 1.29 bits per heavy atom. The summed E-state index contributed by atoms with van der Waals surface area (Å²) in [6, 6.07) is 0. The molecule has 3 aliphatic heterocycles. The van der Waals surface area contributed by atoms with Crippen LogP contribution in [0.15, 0.2) is 0 Å². The molecule has 3 fully saturated rings. The number of rotatable bonds is 3. The molecule has 7 heteroatoms. The van der Waals surface area contributed by atoms with Gasteiger partial charge in [0.15, 0.2) is 5.60 Å². The van der Waals surface area contributed by atoms with Crippen molar-refractivity contribution in [2.45, 2.75) is 44.4 Å². The normalized spacial score (nSPS) is 48.4. The molecule has 2 unspecified atom stereocenters. The summed E-state index contributed by atoms with van der Waals surface area (Å²) in [6.45, 7) is 4.45. The third-order valence-electron chi connectivity index (χ3n) is 3.03. The second-order valence-electron chi connectivity index (χ2n) is 3.98. The highest BCUT2D eigenvalue weighted by Crippen LogP contribution is 2.83. The molecule has 82 valence electrons. The summed E-state index contributed by atoms with van der Waals surface area (Å²) in [5.74, 6) is -1.75. The van der Waals surface area contributed by atoms with Crippen molar-refractivity contribution in [1.82, 2.24) is 0 Å². The Balaban J connectivity index is 2.22. The van der Waals surface area contributed by atoms with E-state index in [1.165, 1.54) is 13.8 Å². The van der Waals surface area contributed by atoms with Gasteiger partial charge in [-0.3, -0.25) is 0 Å². The van der Waals surface area contributed by atoms with Gasteiger partial charge < -0.3 is 10.2 Å². The molecule has 3 rings (SSSR count). The molecular formula is C7H13O6P. The maximum atomic E-state index is 10.9. The van der Waals surface area contributed by atoms with E-state index in [1.807, 2.05) is 0 Å². The molecule has 0 aromatic rings. The third-order valence-corrected chi connectivity index (χ3v) is 4.42. The van der Waals surface area contributed by atoms with Gasteiger partial charge in [-0.25, -0.2) is 18.1 Å². The zero-order chi connectivity index (χ0) is 10.8. The van der Waals surface area contributed by atoms with Gasteiger partial charge in [0.05, 0.1) is 5.60 Å². The SMILES string of the molecule is CCC(C)(O)C(C)(O)C12OP(=O)(O1)O2. The number of phosphoric acid groups is 1. The summed E-state index contributed by atoms with van der Waals surface area (Å²) in [4.78, 5) is 0. The third kappa shape index (κ3) is 0.961. The lowest BCUT2D eigenvalue weighted by atomic mass is 9.81. The molecule has 0 amide bonds. The van der Waals surface area contributed by atoms with E-state index in [1.54, 1.807) is 6.92 Å². The van der Waals surface area contributed by atoms with Crippen molar-refractivity contribution < 1.29 is 28.3 Å². The van der Waals surface area contributed by atoms with E-state index in [0.29, 0.717) is 0 Å². The second-order valence-corrected chi connectivity index (χ2v) is 5.42. The summed E-state index contributed by atoms with van der Waals surface area (Å²) in [5, 5.41) is 19.9. The van der Waals surface area contributed by atoms with Crippen LogP contribution in [0.4, 0.5) is 0 Å². The predicted molar refractivity (Wildman–Crippen MR) is 45.1 cm³/mol. The van der Waals surface area contributed by atoms with Gasteiger partial charge in [-0.05, 0) is 20.3 Å². The summed E-state index contributed by atoms with van der Waals surface area (Å²) in [6.07, 6.45) is 0.280. The zero-order valence-electron chi connectivity index (χ0n) is 8.18. The predicted octanol–water partition coefficient (Wildman–Crippen LogP) is 0.737. The molecular weight excluding hydrogens is 211 g/mol. The number of aliphatic hydroxyl groups is 2. The number of phosphoric ester groups is 1. The topological polar surface area (TPSA) is 85.2 Å². The van der Waals surface area contributed by atoms with Crippen LogP contribution in [0.5, 0.6) is 0 Å². The van der Waals surface area contributed by atoms with Crippen molar-refractivity contribution in [2.24, 2.45) is 0 Å².